The van der Waals surface area contributed by atoms with Crippen molar-refractivity contribution in [2.75, 3.05) is 6.54 Å². The Bertz CT molecular complexity index is 1040. The van der Waals surface area contributed by atoms with E-state index in [1.54, 1.807) is 0 Å². The van der Waals surface area contributed by atoms with Crippen molar-refractivity contribution < 1.29 is 4.79 Å². The fourth-order valence-electron chi connectivity index (χ4n) is 4.01. The number of benzene rings is 3. The molecule has 0 saturated carbocycles. The van der Waals surface area contributed by atoms with Crippen molar-refractivity contribution >= 4 is 16.8 Å². The summed E-state index contributed by atoms with van der Waals surface area (Å²) in [6.07, 6.45) is 0.444. The van der Waals surface area contributed by atoms with Gasteiger partial charge in [-0.05, 0) is 35.6 Å². The van der Waals surface area contributed by atoms with Crippen molar-refractivity contribution in [2.45, 2.75) is 25.8 Å². The Balaban J connectivity index is 1.43. The molecule has 0 radical (unpaired) electrons. The summed E-state index contributed by atoms with van der Waals surface area (Å²) in [5.74, 6) is 0.142. The van der Waals surface area contributed by atoms with Crippen LogP contribution >= 0.6 is 0 Å². The lowest BCUT2D eigenvalue weighted by atomic mass is 9.88. The van der Waals surface area contributed by atoms with Crippen molar-refractivity contribution in [3.8, 4) is 0 Å². The Morgan fingerprint density at radius 2 is 1.45 bits per heavy atom. The van der Waals surface area contributed by atoms with E-state index in [0.717, 1.165) is 6.54 Å². The third-order valence-corrected chi connectivity index (χ3v) is 5.47. The van der Waals surface area contributed by atoms with E-state index in [1.807, 2.05) is 36.4 Å². The van der Waals surface area contributed by atoms with E-state index in [0.29, 0.717) is 13.0 Å². The Hall–Kier alpha value is -3.33. The Morgan fingerprint density at radius 1 is 0.862 bits per heavy atom. The van der Waals surface area contributed by atoms with Gasteiger partial charge >= 0.3 is 0 Å². The molecule has 0 fully saturated rings. The van der Waals surface area contributed by atoms with Gasteiger partial charge in [0, 0.05) is 36.6 Å². The number of carbonyl (C=O) groups excluding carboxylic acids is 1. The van der Waals surface area contributed by atoms with Gasteiger partial charge < -0.3 is 9.88 Å². The molecule has 1 amide bonds. The number of aromatic nitrogens is 1. The van der Waals surface area contributed by atoms with E-state index in [1.165, 1.54) is 27.7 Å². The summed E-state index contributed by atoms with van der Waals surface area (Å²) < 4.78 is 2.27. The molecule has 0 atom stereocenters. The van der Waals surface area contributed by atoms with Gasteiger partial charge in [-0.3, -0.25) is 4.79 Å². The second-order valence-corrected chi connectivity index (χ2v) is 7.42. The van der Waals surface area contributed by atoms with Gasteiger partial charge in [0.1, 0.15) is 0 Å². The zero-order valence-corrected chi connectivity index (χ0v) is 16.7. The molecule has 0 aliphatic carbocycles. The summed E-state index contributed by atoms with van der Waals surface area (Å²) in [4.78, 5) is 12.8. The van der Waals surface area contributed by atoms with Crippen molar-refractivity contribution in [2.24, 2.45) is 0 Å². The second kappa shape index (κ2) is 8.78. The molecule has 0 aliphatic rings. The minimum atomic E-state index is 0.0616. The number of carbonyl (C=O) groups is 1. The van der Waals surface area contributed by atoms with Crippen LogP contribution in [0.4, 0.5) is 0 Å². The molecular weight excluding hydrogens is 356 g/mol. The van der Waals surface area contributed by atoms with Crippen molar-refractivity contribution in [1.82, 2.24) is 9.88 Å². The number of fused-ring (bicyclic) bond motifs is 1. The average molecular weight is 383 g/mol. The van der Waals surface area contributed by atoms with Crippen LogP contribution in [0, 0.1) is 6.92 Å². The summed E-state index contributed by atoms with van der Waals surface area (Å²) in [6, 6.07) is 31.1. The fraction of sp³-hybridized carbons (Fsp3) is 0.192. The highest BCUT2D eigenvalue weighted by atomic mass is 16.1. The summed E-state index contributed by atoms with van der Waals surface area (Å²) in [6.45, 7) is 3.50. The standard InChI is InChI=1S/C26H26N2O/c1-20-18-23-14-8-9-15-25(23)28(20)17-16-27-26(29)19-24(21-10-4-2-5-11-21)22-12-6-3-7-13-22/h2-15,18,24H,16-17,19H2,1H3,(H,27,29). The largest absolute Gasteiger partial charge is 0.354 e. The van der Waals surface area contributed by atoms with Gasteiger partial charge in [0.2, 0.25) is 5.91 Å². The third kappa shape index (κ3) is 4.40. The maximum absolute atomic E-state index is 12.8. The van der Waals surface area contributed by atoms with Crippen LogP contribution in [0.25, 0.3) is 10.9 Å². The highest BCUT2D eigenvalue weighted by Gasteiger charge is 2.18. The Morgan fingerprint density at radius 3 is 2.10 bits per heavy atom. The topological polar surface area (TPSA) is 34.0 Å². The van der Waals surface area contributed by atoms with Crippen LogP contribution in [0.5, 0.6) is 0 Å². The molecule has 0 spiro atoms. The SMILES string of the molecule is Cc1cc2ccccc2n1CCNC(=O)CC(c1ccccc1)c1ccccc1. The lowest BCUT2D eigenvalue weighted by Crippen LogP contribution is -2.28. The van der Waals surface area contributed by atoms with Crippen LogP contribution in [0.15, 0.2) is 91.0 Å². The molecule has 3 aromatic carbocycles. The maximum atomic E-state index is 12.8. The van der Waals surface area contributed by atoms with Gasteiger partial charge in [0.25, 0.3) is 0 Å². The van der Waals surface area contributed by atoms with Gasteiger partial charge in [0.05, 0.1) is 0 Å². The van der Waals surface area contributed by atoms with Gasteiger partial charge in [-0.1, -0.05) is 78.9 Å². The molecule has 1 aromatic heterocycles. The molecular formula is C26H26N2O. The highest BCUT2D eigenvalue weighted by molar-refractivity contribution is 5.81. The number of rotatable bonds is 7. The molecule has 1 N–H and O–H groups in total. The number of amides is 1. The fourth-order valence-corrected chi connectivity index (χ4v) is 4.01. The highest BCUT2D eigenvalue weighted by Crippen LogP contribution is 2.27. The van der Waals surface area contributed by atoms with E-state index in [-0.39, 0.29) is 11.8 Å². The predicted molar refractivity (Wildman–Crippen MR) is 119 cm³/mol. The molecule has 1 heterocycles. The lowest BCUT2D eigenvalue weighted by Gasteiger charge is -2.18. The molecule has 0 unspecified atom stereocenters. The molecule has 0 saturated heterocycles. The first kappa shape index (κ1) is 19.0. The van der Waals surface area contributed by atoms with Crippen LogP contribution < -0.4 is 5.32 Å². The lowest BCUT2D eigenvalue weighted by molar-refractivity contribution is -0.121. The van der Waals surface area contributed by atoms with Crippen LogP contribution in [-0.4, -0.2) is 17.0 Å². The number of nitrogens with zero attached hydrogens (tertiary/aromatic N) is 1. The summed E-state index contributed by atoms with van der Waals surface area (Å²) in [7, 11) is 0. The van der Waals surface area contributed by atoms with E-state index in [9.17, 15) is 4.79 Å². The number of aryl methyl sites for hydroxylation is 1. The first-order valence-corrected chi connectivity index (χ1v) is 10.1. The molecule has 3 nitrogen and oxygen atoms in total. The normalized spacial score (nSPS) is 11.1. The quantitative estimate of drug-likeness (QED) is 0.463. The molecule has 4 aromatic rings. The van der Waals surface area contributed by atoms with Gasteiger partial charge in [-0.2, -0.15) is 0 Å². The molecule has 0 aliphatic heterocycles. The van der Waals surface area contributed by atoms with Crippen LogP contribution in [0.1, 0.15) is 29.2 Å². The van der Waals surface area contributed by atoms with Gasteiger partial charge in [-0.25, -0.2) is 0 Å². The second-order valence-electron chi connectivity index (χ2n) is 7.42. The first-order valence-electron chi connectivity index (χ1n) is 10.1. The average Bonchev–Trinajstić information content (AvgIpc) is 3.08. The van der Waals surface area contributed by atoms with Crippen molar-refractivity contribution in [3.63, 3.8) is 0 Å². The molecule has 29 heavy (non-hydrogen) atoms. The zero-order valence-electron chi connectivity index (χ0n) is 16.7. The van der Waals surface area contributed by atoms with Crippen LogP contribution in [0.3, 0.4) is 0 Å². The van der Waals surface area contributed by atoms with Crippen LogP contribution in [0.2, 0.25) is 0 Å². The minimum Gasteiger partial charge on any atom is -0.354 e. The Labute approximate surface area is 172 Å². The number of nitrogens with one attached hydrogen (secondary N) is 1. The monoisotopic (exact) mass is 382 g/mol. The molecule has 0 bridgehead atoms. The van der Waals surface area contributed by atoms with Gasteiger partial charge in [-0.15, -0.1) is 0 Å². The first-order chi connectivity index (χ1) is 14.2. The van der Waals surface area contributed by atoms with Crippen molar-refractivity contribution in [3.05, 3.63) is 108 Å². The predicted octanol–water partition coefficient (Wildman–Crippen LogP) is 5.29. The van der Waals surface area contributed by atoms with E-state index >= 15 is 0 Å². The van der Waals surface area contributed by atoms with E-state index in [2.05, 4.69) is 71.4 Å². The maximum Gasteiger partial charge on any atom is 0.221 e. The van der Waals surface area contributed by atoms with Gasteiger partial charge in [0.15, 0.2) is 0 Å². The number of hydrogen-bond acceptors (Lipinski definition) is 1. The van der Waals surface area contributed by atoms with Crippen LogP contribution in [-0.2, 0) is 11.3 Å². The Kier molecular flexibility index (Phi) is 5.76. The summed E-state index contributed by atoms with van der Waals surface area (Å²) in [5.41, 5.74) is 4.76. The minimum absolute atomic E-state index is 0.0616. The molecule has 4 rings (SSSR count). The smallest absolute Gasteiger partial charge is 0.221 e. The number of hydrogen-bond donors (Lipinski definition) is 1. The summed E-state index contributed by atoms with van der Waals surface area (Å²) in [5, 5.41) is 4.36. The summed E-state index contributed by atoms with van der Waals surface area (Å²) >= 11 is 0. The van der Waals surface area contributed by atoms with E-state index < -0.39 is 0 Å². The number of para-hydroxylation sites is 1. The molecule has 3 heteroatoms. The third-order valence-electron chi connectivity index (χ3n) is 5.47. The molecule has 146 valence electrons. The van der Waals surface area contributed by atoms with E-state index in [4.69, 9.17) is 0 Å². The zero-order chi connectivity index (χ0) is 20.1. The van der Waals surface area contributed by atoms with Crippen molar-refractivity contribution in [1.29, 1.82) is 0 Å².